The van der Waals surface area contributed by atoms with E-state index >= 15 is 0 Å². The third-order valence-corrected chi connectivity index (χ3v) is 7.08. The van der Waals surface area contributed by atoms with Gasteiger partial charge in [-0.1, -0.05) is 6.92 Å². The van der Waals surface area contributed by atoms with E-state index in [1.165, 1.54) is 4.57 Å². The highest BCUT2D eigenvalue weighted by molar-refractivity contribution is 5.92. The molecule has 0 unspecified atom stereocenters. The summed E-state index contributed by atoms with van der Waals surface area (Å²) in [7, 11) is 4.76. The maximum absolute atomic E-state index is 13.6. The van der Waals surface area contributed by atoms with E-state index in [1.54, 1.807) is 50.4 Å². The lowest BCUT2D eigenvalue weighted by Gasteiger charge is -2.34. The van der Waals surface area contributed by atoms with Crippen LogP contribution in [0.2, 0.25) is 0 Å². The first-order valence-corrected chi connectivity index (χ1v) is 12.5. The van der Waals surface area contributed by atoms with Crippen molar-refractivity contribution in [1.29, 1.82) is 0 Å². The summed E-state index contributed by atoms with van der Waals surface area (Å²) in [6, 6.07) is 8.82. The smallest absolute Gasteiger partial charge is 0.331 e. The molecule has 10 nitrogen and oxygen atoms in total. The molecular weight excluding hydrogens is 474 g/mol. The molecule has 2 aromatic heterocycles. The molecule has 0 amide bonds. The maximum Gasteiger partial charge on any atom is 0.331 e. The Labute approximate surface area is 214 Å². The molecule has 0 saturated carbocycles. The Bertz CT molecular complexity index is 1570. The fourth-order valence-corrected chi connectivity index (χ4v) is 5.22. The fourth-order valence-electron chi connectivity index (χ4n) is 5.22. The highest BCUT2D eigenvalue weighted by atomic mass is 16.5. The van der Waals surface area contributed by atoms with Crippen LogP contribution in [0.1, 0.15) is 32.2 Å². The SMILES string of the molecule is CCCn1c(=O)n(C2CCN(c3ncnc4cc(OC)c(OC)cc34)CC2)c(=O)c2cc(OC)ccc21. The minimum atomic E-state index is -0.269. The van der Waals surface area contributed by atoms with E-state index in [-0.39, 0.29) is 17.3 Å². The first kappa shape index (κ1) is 24.6. The molecule has 194 valence electrons. The van der Waals surface area contributed by atoms with Crippen LogP contribution in [0.15, 0.2) is 46.2 Å². The normalized spacial score (nSPS) is 14.3. The Balaban J connectivity index is 1.50. The predicted molar refractivity (Wildman–Crippen MR) is 142 cm³/mol. The largest absolute Gasteiger partial charge is 0.497 e. The van der Waals surface area contributed by atoms with Crippen molar-refractivity contribution >= 4 is 27.6 Å². The molecule has 4 aromatic rings. The Morgan fingerprint density at radius 3 is 2.32 bits per heavy atom. The average Bonchev–Trinajstić information content (AvgIpc) is 2.94. The Hall–Kier alpha value is -4.08. The zero-order valence-electron chi connectivity index (χ0n) is 21.6. The van der Waals surface area contributed by atoms with Crippen LogP contribution in [0.25, 0.3) is 21.8 Å². The van der Waals surface area contributed by atoms with Gasteiger partial charge >= 0.3 is 5.69 Å². The summed E-state index contributed by atoms with van der Waals surface area (Å²) in [5.41, 5.74) is 0.872. The van der Waals surface area contributed by atoms with Crippen molar-refractivity contribution in [1.82, 2.24) is 19.1 Å². The zero-order valence-corrected chi connectivity index (χ0v) is 21.6. The summed E-state index contributed by atoms with van der Waals surface area (Å²) in [5.74, 6) is 2.60. The molecule has 1 aliphatic heterocycles. The number of rotatable bonds is 7. The summed E-state index contributed by atoms with van der Waals surface area (Å²) in [6.45, 7) is 3.84. The van der Waals surface area contributed by atoms with Crippen molar-refractivity contribution in [2.75, 3.05) is 39.3 Å². The Kier molecular flexibility index (Phi) is 6.73. The number of benzene rings is 2. The Morgan fingerprint density at radius 2 is 1.65 bits per heavy atom. The second-order valence-corrected chi connectivity index (χ2v) is 9.13. The standard InChI is InChI=1S/C27H31N5O5/c1-5-10-31-22-7-6-18(35-2)13-20(22)26(33)32(27(31)34)17-8-11-30(12-9-17)25-19-14-23(36-3)24(37-4)15-21(19)28-16-29-25/h6-7,13-17H,5,8-12H2,1-4H3. The molecule has 1 aliphatic rings. The van der Waals surface area contributed by atoms with Gasteiger partial charge in [0.05, 0.1) is 37.7 Å². The van der Waals surface area contributed by atoms with Gasteiger partial charge in [0, 0.05) is 37.1 Å². The van der Waals surface area contributed by atoms with Crippen LogP contribution in [0.3, 0.4) is 0 Å². The van der Waals surface area contributed by atoms with Crippen LogP contribution in [0, 0.1) is 0 Å². The fraction of sp³-hybridized carbons (Fsp3) is 0.407. The molecule has 37 heavy (non-hydrogen) atoms. The minimum absolute atomic E-state index is 0.210. The van der Waals surface area contributed by atoms with Gasteiger partial charge in [-0.05, 0) is 43.5 Å². The van der Waals surface area contributed by atoms with Crippen molar-refractivity contribution in [2.45, 2.75) is 38.8 Å². The van der Waals surface area contributed by atoms with Gasteiger partial charge in [0.15, 0.2) is 11.5 Å². The molecule has 1 saturated heterocycles. The van der Waals surface area contributed by atoms with Gasteiger partial charge in [-0.3, -0.25) is 13.9 Å². The first-order chi connectivity index (χ1) is 18.0. The van der Waals surface area contributed by atoms with E-state index < -0.39 is 0 Å². The number of anilines is 1. The third kappa shape index (κ3) is 4.26. The monoisotopic (exact) mass is 505 g/mol. The van der Waals surface area contributed by atoms with Crippen LogP contribution < -0.4 is 30.4 Å². The van der Waals surface area contributed by atoms with Crippen LogP contribution in [0.5, 0.6) is 17.2 Å². The molecule has 0 radical (unpaired) electrons. The summed E-state index contributed by atoms with van der Waals surface area (Å²) in [5, 5.41) is 1.36. The van der Waals surface area contributed by atoms with Crippen LogP contribution in [-0.4, -0.2) is 53.5 Å². The second kappa shape index (κ2) is 10.1. The summed E-state index contributed by atoms with van der Waals surface area (Å²) in [4.78, 5) is 38.2. The van der Waals surface area contributed by atoms with Gasteiger partial charge in [0.1, 0.15) is 17.9 Å². The Morgan fingerprint density at radius 1 is 0.919 bits per heavy atom. The molecule has 1 fully saturated rings. The molecular formula is C27H31N5O5. The van der Waals surface area contributed by atoms with Crippen LogP contribution in [0.4, 0.5) is 5.82 Å². The van der Waals surface area contributed by atoms with E-state index in [0.29, 0.717) is 60.6 Å². The number of fused-ring (bicyclic) bond motifs is 2. The summed E-state index contributed by atoms with van der Waals surface area (Å²) >= 11 is 0. The number of aromatic nitrogens is 4. The molecule has 3 heterocycles. The lowest BCUT2D eigenvalue weighted by atomic mass is 10.0. The maximum atomic E-state index is 13.6. The number of piperidine rings is 1. The average molecular weight is 506 g/mol. The number of hydrogen-bond acceptors (Lipinski definition) is 8. The molecule has 0 bridgehead atoms. The molecule has 0 atom stereocenters. The number of hydrogen-bond donors (Lipinski definition) is 0. The molecule has 0 spiro atoms. The highest BCUT2D eigenvalue weighted by Crippen LogP contribution is 2.36. The lowest BCUT2D eigenvalue weighted by molar-refractivity contribution is 0.355. The molecule has 5 rings (SSSR count). The van der Waals surface area contributed by atoms with Gasteiger partial charge in [0.2, 0.25) is 0 Å². The van der Waals surface area contributed by atoms with Crippen molar-refractivity contribution in [3.8, 4) is 17.2 Å². The summed E-state index contributed by atoms with van der Waals surface area (Å²) < 4.78 is 19.4. The van der Waals surface area contributed by atoms with E-state index in [1.807, 2.05) is 19.1 Å². The van der Waals surface area contributed by atoms with Crippen LogP contribution >= 0.6 is 0 Å². The lowest BCUT2D eigenvalue weighted by Crippen LogP contribution is -2.46. The van der Waals surface area contributed by atoms with E-state index in [9.17, 15) is 9.59 Å². The van der Waals surface area contributed by atoms with Gasteiger partial charge in [0.25, 0.3) is 5.56 Å². The number of ether oxygens (including phenoxy) is 3. The predicted octanol–water partition coefficient (Wildman–Crippen LogP) is 3.38. The summed E-state index contributed by atoms with van der Waals surface area (Å²) in [6.07, 6.45) is 3.60. The minimum Gasteiger partial charge on any atom is -0.497 e. The molecule has 0 aliphatic carbocycles. The molecule has 0 N–H and O–H groups in total. The molecule has 10 heteroatoms. The number of methoxy groups -OCH3 is 3. The van der Waals surface area contributed by atoms with Gasteiger partial charge in [-0.2, -0.15) is 0 Å². The van der Waals surface area contributed by atoms with E-state index in [0.717, 1.165) is 23.1 Å². The van der Waals surface area contributed by atoms with Gasteiger partial charge < -0.3 is 19.1 Å². The van der Waals surface area contributed by atoms with Crippen LogP contribution in [-0.2, 0) is 6.54 Å². The molecule has 2 aromatic carbocycles. The quantitative estimate of drug-likeness (QED) is 0.377. The first-order valence-electron chi connectivity index (χ1n) is 12.5. The topological polar surface area (TPSA) is 101 Å². The number of nitrogens with zero attached hydrogens (tertiary/aromatic N) is 5. The third-order valence-electron chi connectivity index (χ3n) is 7.08. The van der Waals surface area contributed by atoms with Gasteiger partial charge in [-0.25, -0.2) is 14.8 Å². The van der Waals surface area contributed by atoms with Crippen molar-refractivity contribution in [2.24, 2.45) is 0 Å². The second-order valence-electron chi connectivity index (χ2n) is 9.13. The number of aryl methyl sites for hydroxylation is 1. The van der Waals surface area contributed by atoms with Crippen molar-refractivity contribution < 1.29 is 14.2 Å². The van der Waals surface area contributed by atoms with Crippen molar-refractivity contribution in [3.05, 3.63) is 57.5 Å². The van der Waals surface area contributed by atoms with Gasteiger partial charge in [-0.15, -0.1) is 0 Å². The highest BCUT2D eigenvalue weighted by Gasteiger charge is 2.27. The van der Waals surface area contributed by atoms with Crippen molar-refractivity contribution in [3.63, 3.8) is 0 Å². The van der Waals surface area contributed by atoms with E-state index in [2.05, 4.69) is 14.9 Å². The van der Waals surface area contributed by atoms with E-state index in [4.69, 9.17) is 14.2 Å². The zero-order chi connectivity index (χ0) is 26.1.